The summed E-state index contributed by atoms with van der Waals surface area (Å²) in [5.41, 5.74) is 1.34. The fourth-order valence-corrected chi connectivity index (χ4v) is 1.69. The molecular formula is C9H7BrCl2O. The molecule has 1 nitrogen and oxygen atoms in total. The molecule has 0 radical (unpaired) electrons. The minimum absolute atomic E-state index is 0.0243. The predicted molar refractivity (Wildman–Crippen MR) is 59.3 cm³/mol. The Morgan fingerprint density at radius 3 is 2.23 bits per heavy atom. The van der Waals surface area contributed by atoms with Gasteiger partial charge < -0.3 is 0 Å². The fourth-order valence-electron chi connectivity index (χ4n) is 0.883. The molecular weight excluding hydrogens is 275 g/mol. The summed E-state index contributed by atoms with van der Waals surface area (Å²) in [4.78, 5) is 11.3. The number of alkyl halides is 1. The van der Waals surface area contributed by atoms with E-state index in [9.17, 15) is 4.79 Å². The number of halogens is 3. The van der Waals surface area contributed by atoms with Gasteiger partial charge in [-0.05, 0) is 24.6 Å². The van der Waals surface area contributed by atoms with Crippen molar-refractivity contribution in [2.75, 3.05) is 5.33 Å². The van der Waals surface area contributed by atoms with Crippen LogP contribution < -0.4 is 0 Å². The van der Waals surface area contributed by atoms with Crippen LogP contribution in [0.3, 0.4) is 0 Å². The first-order valence-electron chi connectivity index (χ1n) is 3.61. The molecule has 1 rings (SSSR count). The number of hydrogen-bond donors (Lipinski definition) is 0. The summed E-state index contributed by atoms with van der Waals surface area (Å²) in [6.07, 6.45) is 0. The molecule has 0 aliphatic rings. The average Bonchev–Trinajstić information content (AvgIpc) is 2.12. The van der Waals surface area contributed by atoms with E-state index in [4.69, 9.17) is 23.2 Å². The van der Waals surface area contributed by atoms with E-state index in [1.165, 1.54) is 0 Å². The maximum atomic E-state index is 11.3. The highest BCUT2D eigenvalue weighted by Crippen LogP contribution is 2.25. The molecule has 0 aromatic heterocycles. The van der Waals surface area contributed by atoms with Crippen LogP contribution in [0.1, 0.15) is 15.9 Å². The first-order chi connectivity index (χ1) is 6.06. The van der Waals surface area contributed by atoms with Crippen molar-refractivity contribution in [2.24, 2.45) is 0 Å². The predicted octanol–water partition coefficient (Wildman–Crippen LogP) is 3.88. The largest absolute Gasteiger partial charge is 0.293 e. The maximum absolute atomic E-state index is 11.3. The van der Waals surface area contributed by atoms with Crippen LogP contribution in [0.5, 0.6) is 0 Å². The molecule has 0 spiro atoms. The highest BCUT2D eigenvalue weighted by molar-refractivity contribution is 9.09. The summed E-state index contributed by atoms with van der Waals surface area (Å²) in [6, 6.07) is 3.26. The third-order valence-corrected chi connectivity index (χ3v) is 3.02. The van der Waals surface area contributed by atoms with Gasteiger partial charge in [0.2, 0.25) is 0 Å². The highest BCUT2D eigenvalue weighted by Gasteiger charge is 2.08. The molecule has 0 bridgehead atoms. The topological polar surface area (TPSA) is 17.1 Å². The summed E-state index contributed by atoms with van der Waals surface area (Å²) < 4.78 is 0. The number of rotatable bonds is 2. The molecule has 4 heteroatoms. The Morgan fingerprint density at radius 2 is 1.85 bits per heavy atom. The van der Waals surface area contributed by atoms with E-state index >= 15 is 0 Å². The van der Waals surface area contributed by atoms with Crippen molar-refractivity contribution < 1.29 is 4.79 Å². The first-order valence-corrected chi connectivity index (χ1v) is 5.49. The standard InChI is InChI=1S/C9H7BrCl2O/c1-5-7(11)2-6(3-8(5)12)9(13)4-10/h2-3H,4H2,1H3. The Balaban J connectivity index is 3.20. The van der Waals surface area contributed by atoms with Gasteiger partial charge in [0, 0.05) is 15.6 Å². The lowest BCUT2D eigenvalue weighted by atomic mass is 10.1. The highest BCUT2D eigenvalue weighted by atomic mass is 79.9. The lowest BCUT2D eigenvalue weighted by Gasteiger charge is -2.03. The van der Waals surface area contributed by atoms with E-state index in [1.807, 2.05) is 6.92 Å². The monoisotopic (exact) mass is 280 g/mol. The van der Waals surface area contributed by atoms with Crippen LogP contribution in [0.4, 0.5) is 0 Å². The van der Waals surface area contributed by atoms with E-state index in [2.05, 4.69) is 15.9 Å². The van der Waals surface area contributed by atoms with Crippen LogP contribution in [0.25, 0.3) is 0 Å². The van der Waals surface area contributed by atoms with Gasteiger partial charge >= 0.3 is 0 Å². The van der Waals surface area contributed by atoms with E-state index in [-0.39, 0.29) is 11.1 Å². The Kier molecular flexibility index (Phi) is 3.77. The summed E-state index contributed by atoms with van der Waals surface area (Å²) in [6.45, 7) is 1.81. The SMILES string of the molecule is Cc1c(Cl)cc(C(=O)CBr)cc1Cl. The zero-order valence-corrected chi connectivity index (χ0v) is 10.0. The van der Waals surface area contributed by atoms with Crippen molar-refractivity contribution in [3.8, 4) is 0 Å². The fraction of sp³-hybridized carbons (Fsp3) is 0.222. The van der Waals surface area contributed by atoms with E-state index < -0.39 is 0 Å². The van der Waals surface area contributed by atoms with Gasteiger partial charge in [-0.15, -0.1) is 0 Å². The van der Waals surface area contributed by atoms with Crippen molar-refractivity contribution in [1.82, 2.24) is 0 Å². The molecule has 0 aliphatic heterocycles. The molecule has 0 fully saturated rings. The smallest absolute Gasteiger partial charge is 0.173 e. The van der Waals surface area contributed by atoms with E-state index in [0.717, 1.165) is 5.56 Å². The van der Waals surface area contributed by atoms with Gasteiger partial charge in [0.1, 0.15) is 0 Å². The Morgan fingerprint density at radius 1 is 1.38 bits per heavy atom. The Labute approximate surface area is 95.2 Å². The van der Waals surface area contributed by atoms with Gasteiger partial charge in [0.25, 0.3) is 0 Å². The van der Waals surface area contributed by atoms with Crippen molar-refractivity contribution >= 4 is 44.9 Å². The van der Waals surface area contributed by atoms with Gasteiger partial charge in [0.05, 0.1) is 5.33 Å². The van der Waals surface area contributed by atoms with Crippen LogP contribution in [0.2, 0.25) is 10.0 Å². The summed E-state index contributed by atoms with van der Waals surface area (Å²) in [7, 11) is 0. The second-order valence-corrected chi connectivity index (χ2v) is 4.00. The quantitative estimate of drug-likeness (QED) is 0.594. The minimum Gasteiger partial charge on any atom is -0.293 e. The molecule has 0 N–H and O–H groups in total. The van der Waals surface area contributed by atoms with Crippen LogP contribution in [-0.4, -0.2) is 11.1 Å². The van der Waals surface area contributed by atoms with Crippen LogP contribution in [0, 0.1) is 6.92 Å². The van der Waals surface area contributed by atoms with Crippen molar-refractivity contribution in [3.05, 3.63) is 33.3 Å². The summed E-state index contributed by atoms with van der Waals surface area (Å²) in [5, 5.41) is 1.33. The third kappa shape index (κ3) is 2.46. The number of Topliss-reactive ketones (excluding diaryl/α,β-unsaturated/α-hetero) is 1. The lowest BCUT2D eigenvalue weighted by Crippen LogP contribution is -2.00. The maximum Gasteiger partial charge on any atom is 0.173 e. The zero-order valence-electron chi connectivity index (χ0n) is 6.90. The number of hydrogen-bond acceptors (Lipinski definition) is 1. The van der Waals surface area contributed by atoms with Gasteiger partial charge in [-0.1, -0.05) is 39.1 Å². The Hall–Kier alpha value is -0.0500. The van der Waals surface area contributed by atoms with E-state index in [1.54, 1.807) is 12.1 Å². The van der Waals surface area contributed by atoms with Gasteiger partial charge in [0.15, 0.2) is 5.78 Å². The minimum atomic E-state index is -0.0243. The normalized spacial score (nSPS) is 10.2. The summed E-state index contributed by atoms with van der Waals surface area (Å²) >= 11 is 14.8. The molecule has 1 aromatic rings. The Bertz CT molecular complexity index is 326. The molecule has 0 heterocycles. The van der Waals surface area contributed by atoms with Gasteiger partial charge in [-0.2, -0.15) is 0 Å². The number of carbonyl (C=O) groups is 1. The van der Waals surface area contributed by atoms with Crippen LogP contribution in [-0.2, 0) is 0 Å². The molecule has 13 heavy (non-hydrogen) atoms. The third-order valence-electron chi connectivity index (χ3n) is 1.72. The molecule has 0 saturated carbocycles. The summed E-state index contributed by atoms with van der Waals surface area (Å²) in [5.74, 6) is -0.0243. The van der Waals surface area contributed by atoms with Crippen LogP contribution >= 0.6 is 39.1 Å². The first kappa shape index (κ1) is 11.0. The van der Waals surface area contributed by atoms with Crippen molar-refractivity contribution in [3.63, 3.8) is 0 Å². The van der Waals surface area contributed by atoms with Crippen molar-refractivity contribution in [2.45, 2.75) is 6.92 Å². The number of ketones is 1. The zero-order chi connectivity index (χ0) is 10.0. The lowest BCUT2D eigenvalue weighted by molar-refractivity contribution is 0.102. The average molecular weight is 282 g/mol. The molecule has 0 unspecified atom stereocenters. The van der Waals surface area contributed by atoms with E-state index in [0.29, 0.717) is 15.6 Å². The second kappa shape index (κ2) is 4.45. The van der Waals surface area contributed by atoms with Crippen LogP contribution in [0.15, 0.2) is 12.1 Å². The van der Waals surface area contributed by atoms with Gasteiger partial charge in [-0.25, -0.2) is 0 Å². The molecule has 0 saturated heterocycles. The van der Waals surface area contributed by atoms with Crippen molar-refractivity contribution in [1.29, 1.82) is 0 Å². The molecule has 0 amide bonds. The molecule has 0 atom stereocenters. The number of benzene rings is 1. The molecule has 70 valence electrons. The molecule has 1 aromatic carbocycles. The number of carbonyl (C=O) groups excluding carboxylic acids is 1. The second-order valence-electron chi connectivity index (χ2n) is 2.62. The van der Waals surface area contributed by atoms with Gasteiger partial charge in [-0.3, -0.25) is 4.79 Å². The molecule has 0 aliphatic carbocycles.